The van der Waals surface area contributed by atoms with E-state index in [-0.39, 0.29) is 42.3 Å². The molecule has 0 saturated carbocycles. The zero-order valence-corrected chi connectivity index (χ0v) is 23.0. The van der Waals surface area contributed by atoms with E-state index in [4.69, 9.17) is 4.74 Å². The summed E-state index contributed by atoms with van der Waals surface area (Å²) in [7, 11) is -2.27. The number of likely N-dealkylation sites (N-methyl/N-ethyl adjacent to an activating group) is 1. The molecular weight excluding hydrogens is 490 g/mol. The summed E-state index contributed by atoms with van der Waals surface area (Å²) in [6, 6.07) is 13.1. The van der Waals surface area contributed by atoms with Gasteiger partial charge in [0.15, 0.2) is 0 Å². The predicted octanol–water partition coefficient (Wildman–Crippen LogP) is 4.02. The molecule has 37 heavy (non-hydrogen) atoms. The highest BCUT2D eigenvalue weighted by Crippen LogP contribution is 2.34. The second-order valence-electron chi connectivity index (χ2n) is 9.98. The van der Waals surface area contributed by atoms with Gasteiger partial charge in [0, 0.05) is 43.2 Å². The first kappa shape index (κ1) is 28.5. The van der Waals surface area contributed by atoms with E-state index in [2.05, 4.69) is 31.0 Å². The molecule has 0 unspecified atom stereocenters. The Balaban J connectivity index is 1.95. The number of hydrogen-bond acceptors (Lipinski definition) is 5. The van der Waals surface area contributed by atoms with Gasteiger partial charge in [-0.3, -0.25) is 0 Å². The van der Waals surface area contributed by atoms with Gasteiger partial charge in [0.25, 0.3) is 0 Å². The Bertz CT molecular complexity index is 1240. The van der Waals surface area contributed by atoms with Gasteiger partial charge < -0.3 is 20.1 Å². The van der Waals surface area contributed by atoms with Gasteiger partial charge in [-0.05, 0) is 43.2 Å². The fourth-order valence-corrected chi connectivity index (χ4v) is 5.80. The lowest BCUT2D eigenvalue weighted by Crippen LogP contribution is -2.50. The number of aliphatic hydroxyl groups excluding tert-OH is 1. The maximum Gasteiger partial charge on any atom is 0.321 e. The van der Waals surface area contributed by atoms with E-state index in [0.717, 1.165) is 6.42 Å². The molecule has 0 aromatic heterocycles. The van der Waals surface area contributed by atoms with Crippen LogP contribution in [0.15, 0.2) is 53.4 Å². The fraction of sp³-hybridized carbons (Fsp3) is 0.464. The largest absolute Gasteiger partial charge is 0.487 e. The zero-order valence-electron chi connectivity index (χ0n) is 22.1. The van der Waals surface area contributed by atoms with Crippen LogP contribution in [0.4, 0.5) is 10.5 Å². The summed E-state index contributed by atoms with van der Waals surface area (Å²) in [5.74, 6) is 6.55. The summed E-state index contributed by atoms with van der Waals surface area (Å²) in [4.78, 5) is 14.4. The number of benzene rings is 2. The number of anilines is 1. The third-order valence-electron chi connectivity index (χ3n) is 6.24. The number of carbonyl (C=O) groups excluding carboxylic acids is 1. The van der Waals surface area contributed by atoms with Crippen molar-refractivity contribution in [3.63, 3.8) is 0 Å². The lowest BCUT2D eigenvalue weighted by molar-refractivity contribution is 0.0830. The van der Waals surface area contributed by atoms with E-state index in [9.17, 15) is 18.3 Å². The van der Waals surface area contributed by atoms with Crippen molar-refractivity contribution in [1.82, 2.24) is 9.21 Å². The van der Waals surface area contributed by atoms with E-state index in [1.807, 2.05) is 25.1 Å². The van der Waals surface area contributed by atoms with Crippen molar-refractivity contribution in [3.8, 4) is 17.6 Å². The monoisotopic (exact) mass is 527 g/mol. The van der Waals surface area contributed by atoms with Gasteiger partial charge >= 0.3 is 6.03 Å². The number of carbonyl (C=O) groups is 1. The number of hydrogen-bond donors (Lipinski definition) is 2. The van der Waals surface area contributed by atoms with Crippen molar-refractivity contribution >= 4 is 21.7 Å². The zero-order chi connectivity index (χ0) is 27.2. The number of ether oxygens (including phenoxy) is 1. The van der Waals surface area contributed by atoms with Crippen molar-refractivity contribution < 1.29 is 23.1 Å². The van der Waals surface area contributed by atoms with Gasteiger partial charge in [-0.2, -0.15) is 4.31 Å². The highest BCUT2D eigenvalue weighted by atomic mass is 32.2. The summed E-state index contributed by atoms with van der Waals surface area (Å²) >= 11 is 0. The minimum absolute atomic E-state index is 0.0236. The lowest BCUT2D eigenvalue weighted by Gasteiger charge is -2.37. The van der Waals surface area contributed by atoms with Crippen LogP contribution in [0.1, 0.15) is 39.7 Å². The summed E-state index contributed by atoms with van der Waals surface area (Å²) in [6.45, 7) is 7.77. The van der Waals surface area contributed by atoms with E-state index >= 15 is 0 Å². The van der Waals surface area contributed by atoms with Crippen LogP contribution < -0.4 is 10.1 Å². The average molecular weight is 528 g/mol. The maximum atomic E-state index is 13.6. The minimum atomic E-state index is -3.94. The summed E-state index contributed by atoms with van der Waals surface area (Å²) < 4.78 is 34.9. The summed E-state index contributed by atoms with van der Waals surface area (Å²) in [5, 5.41) is 12.7. The maximum absolute atomic E-state index is 13.6. The SMILES string of the molecule is CC(C)CC#Cc1ccc2c(c1)O[C@H](CN(C)C(=O)Nc1ccccc1)[C@@H](C)CN([C@H](C)CO)S2(=O)=O. The van der Waals surface area contributed by atoms with Crippen molar-refractivity contribution in [3.05, 3.63) is 54.1 Å². The molecule has 0 bridgehead atoms. The second kappa shape index (κ2) is 12.5. The van der Waals surface area contributed by atoms with Crippen LogP contribution in [0.2, 0.25) is 0 Å². The van der Waals surface area contributed by atoms with E-state index < -0.39 is 22.2 Å². The lowest BCUT2D eigenvalue weighted by atomic mass is 10.0. The van der Waals surface area contributed by atoms with Crippen LogP contribution in [-0.2, 0) is 10.0 Å². The Hall–Kier alpha value is -3.06. The average Bonchev–Trinajstić information content (AvgIpc) is 2.86. The summed E-state index contributed by atoms with van der Waals surface area (Å²) in [5.41, 5.74) is 1.33. The van der Waals surface area contributed by atoms with Crippen LogP contribution >= 0.6 is 0 Å². The van der Waals surface area contributed by atoms with E-state index in [1.54, 1.807) is 38.2 Å². The van der Waals surface area contributed by atoms with Gasteiger partial charge in [-0.15, -0.1) is 0 Å². The molecule has 0 saturated heterocycles. The highest BCUT2D eigenvalue weighted by Gasteiger charge is 2.38. The molecule has 8 nitrogen and oxygen atoms in total. The van der Waals surface area contributed by atoms with Crippen LogP contribution in [0.5, 0.6) is 5.75 Å². The number of amides is 2. The molecule has 2 N–H and O–H groups in total. The molecule has 0 spiro atoms. The number of para-hydroxylation sites is 1. The normalized spacial score (nSPS) is 19.9. The fourth-order valence-electron chi connectivity index (χ4n) is 3.97. The molecule has 1 aliphatic rings. The first-order chi connectivity index (χ1) is 17.5. The third-order valence-corrected chi connectivity index (χ3v) is 8.26. The number of sulfonamides is 1. The molecule has 2 amide bonds. The Kier molecular flexibility index (Phi) is 9.60. The number of urea groups is 1. The molecule has 1 aliphatic heterocycles. The molecule has 0 aliphatic carbocycles. The van der Waals surface area contributed by atoms with Gasteiger partial charge in [0.1, 0.15) is 16.7 Å². The first-order valence-corrected chi connectivity index (χ1v) is 14.0. The van der Waals surface area contributed by atoms with E-state index in [1.165, 1.54) is 15.3 Å². The van der Waals surface area contributed by atoms with Crippen molar-refractivity contribution in [2.45, 2.75) is 51.2 Å². The van der Waals surface area contributed by atoms with Crippen molar-refractivity contribution in [1.29, 1.82) is 0 Å². The van der Waals surface area contributed by atoms with Gasteiger partial charge in [0.05, 0.1) is 13.2 Å². The van der Waals surface area contributed by atoms with Crippen LogP contribution in [0.25, 0.3) is 0 Å². The third kappa shape index (κ3) is 7.25. The molecule has 3 rings (SSSR count). The van der Waals surface area contributed by atoms with E-state index in [0.29, 0.717) is 17.2 Å². The molecule has 200 valence electrons. The predicted molar refractivity (Wildman–Crippen MR) is 145 cm³/mol. The van der Waals surface area contributed by atoms with Crippen molar-refractivity contribution in [2.75, 3.05) is 32.1 Å². The summed E-state index contributed by atoms with van der Waals surface area (Å²) in [6.07, 6.45) is 0.215. The number of rotatable bonds is 6. The Morgan fingerprint density at radius 1 is 1.22 bits per heavy atom. The molecule has 2 aromatic rings. The Morgan fingerprint density at radius 2 is 1.92 bits per heavy atom. The smallest absolute Gasteiger partial charge is 0.321 e. The van der Waals surface area contributed by atoms with Gasteiger partial charge in [-0.1, -0.05) is 50.8 Å². The van der Waals surface area contributed by atoms with Gasteiger partial charge in [-0.25, -0.2) is 13.2 Å². The molecule has 1 heterocycles. The quantitative estimate of drug-likeness (QED) is 0.553. The van der Waals surface area contributed by atoms with Crippen LogP contribution in [0, 0.1) is 23.7 Å². The molecule has 0 radical (unpaired) electrons. The highest BCUT2D eigenvalue weighted by molar-refractivity contribution is 7.89. The van der Waals surface area contributed by atoms with Gasteiger partial charge in [0.2, 0.25) is 10.0 Å². The molecule has 3 atom stereocenters. The molecular formula is C28H37N3O5S. The minimum Gasteiger partial charge on any atom is -0.487 e. The Morgan fingerprint density at radius 3 is 2.57 bits per heavy atom. The van der Waals surface area contributed by atoms with Crippen LogP contribution in [-0.4, -0.2) is 67.7 Å². The number of nitrogens with zero attached hydrogens (tertiary/aromatic N) is 2. The number of nitrogens with one attached hydrogen (secondary N) is 1. The Labute approximate surface area is 220 Å². The second-order valence-corrected chi connectivity index (χ2v) is 11.8. The van der Waals surface area contributed by atoms with Crippen LogP contribution in [0.3, 0.4) is 0 Å². The number of aliphatic hydroxyl groups is 1. The number of fused-ring (bicyclic) bond motifs is 1. The standard InChI is InChI=1S/C28H37N3O5S/c1-20(2)10-9-11-23-14-15-27-25(16-23)36-26(21(3)17-31(22(4)19-32)37(27,34)35)18-30(5)28(33)29-24-12-7-6-8-13-24/h6-8,12-16,20-22,26,32H,10,17-19H2,1-5H3,(H,29,33)/t21-,22+,26+/m0/s1. The molecule has 0 fully saturated rings. The first-order valence-electron chi connectivity index (χ1n) is 12.5. The topological polar surface area (TPSA) is 99.2 Å². The van der Waals surface area contributed by atoms with Crippen molar-refractivity contribution in [2.24, 2.45) is 11.8 Å². The molecule has 2 aromatic carbocycles. The molecule has 9 heteroatoms.